The number of hydrogen-bond donors (Lipinski definition) is 0. The van der Waals surface area contributed by atoms with Crippen LogP contribution in [0.15, 0.2) is 40.9 Å². The van der Waals surface area contributed by atoms with Crippen molar-refractivity contribution in [2.75, 3.05) is 0 Å². The van der Waals surface area contributed by atoms with Crippen molar-refractivity contribution < 1.29 is 63.7 Å². The number of benzene rings is 2. The zero-order valence-electron chi connectivity index (χ0n) is 30.3. The monoisotopic (exact) mass is 814 g/mol. The van der Waals surface area contributed by atoms with Gasteiger partial charge in [0.2, 0.25) is 0 Å². The Morgan fingerprint density at radius 2 is 0.827 bits per heavy atom. The number of alkyl halides is 4. The predicted molar refractivity (Wildman–Crippen MR) is 195 cm³/mol. The van der Waals surface area contributed by atoms with E-state index < -0.39 is 57.2 Å². The fourth-order valence-corrected chi connectivity index (χ4v) is 4.86. The van der Waals surface area contributed by atoms with Gasteiger partial charge in [0.1, 0.15) is 23.1 Å². The molecule has 5 rings (SSSR count). The minimum Gasteiger partial charge on any atom is -0.435 e. The molecule has 0 aliphatic carbocycles. The first-order valence-electron chi connectivity index (χ1n) is 15.8. The van der Waals surface area contributed by atoms with Gasteiger partial charge >= 0.3 is 34.4 Å². The Morgan fingerprint density at radius 1 is 0.519 bits per heavy atom. The molecule has 52 heavy (non-hydrogen) atoms. The van der Waals surface area contributed by atoms with Crippen molar-refractivity contribution in [1.82, 2.24) is 0 Å². The van der Waals surface area contributed by atoms with Crippen LogP contribution < -0.4 is 14.9 Å². The summed E-state index contributed by atoms with van der Waals surface area (Å²) >= 11 is 2.84. The molecule has 0 aromatic heterocycles. The maximum absolute atomic E-state index is 13.9. The highest BCUT2D eigenvalue weighted by molar-refractivity contribution is 9.10. The third kappa shape index (κ3) is 11.3. The lowest BCUT2D eigenvalue weighted by atomic mass is 9.49. The molecule has 0 saturated carbocycles. The summed E-state index contributed by atoms with van der Waals surface area (Å²) in [5.74, 6) is -1.31. The summed E-state index contributed by atoms with van der Waals surface area (Å²) in [6, 6.07) is 6.67. The molecule has 8 nitrogen and oxygen atoms in total. The van der Waals surface area contributed by atoms with Crippen LogP contribution in [0.4, 0.5) is 26.3 Å². The normalized spacial score (nSPS) is 21.4. The van der Waals surface area contributed by atoms with E-state index in [0.717, 1.165) is 30.3 Å². The van der Waals surface area contributed by atoms with Gasteiger partial charge in [-0.25, -0.2) is 8.78 Å². The van der Waals surface area contributed by atoms with Crippen molar-refractivity contribution in [3.63, 3.8) is 0 Å². The van der Waals surface area contributed by atoms with E-state index in [9.17, 15) is 26.3 Å². The molecule has 0 unspecified atom stereocenters. The highest BCUT2D eigenvalue weighted by Gasteiger charge is 2.63. The van der Waals surface area contributed by atoms with Crippen molar-refractivity contribution >= 4 is 42.5 Å². The van der Waals surface area contributed by atoms with Crippen LogP contribution in [-0.2, 0) is 27.9 Å². The molecule has 2 aromatic carbocycles. The van der Waals surface area contributed by atoms with Gasteiger partial charge in [0.25, 0.3) is 0 Å². The van der Waals surface area contributed by atoms with E-state index >= 15 is 0 Å². The first kappa shape index (κ1) is 48.1. The third-order valence-electron chi connectivity index (χ3n) is 9.58. The van der Waals surface area contributed by atoms with Crippen LogP contribution in [0, 0.1) is 11.6 Å². The smallest absolute Gasteiger partial charge is 0.435 e. The van der Waals surface area contributed by atoms with E-state index in [2.05, 4.69) is 25.4 Å². The lowest BCUT2D eigenvalue weighted by molar-refractivity contribution is -0.0505. The highest BCUT2D eigenvalue weighted by Crippen LogP contribution is 2.43. The van der Waals surface area contributed by atoms with Gasteiger partial charge in [0.15, 0.2) is 0 Å². The fraction of sp³-hybridized carbons (Fsp3) is 0.647. The Morgan fingerprint density at radius 3 is 1.15 bits per heavy atom. The molecule has 0 spiro atoms. The van der Waals surface area contributed by atoms with Crippen molar-refractivity contribution in [2.24, 2.45) is 0 Å². The summed E-state index contributed by atoms with van der Waals surface area (Å²) < 4.78 is 118. The molecule has 18 heteroatoms. The first-order valence-corrected chi connectivity index (χ1v) is 16.6. The number of halogens is 7. The van der Waals surface area contributed by atoms with Crippen LogP contribution in [0.1, 0.15) is 97.9 Å². The Balaban J connectivity index is 0.000000394. The van der Waals surface area contributed by atoms with E-state index in [-0.39, 0.29) is 58.7 Å². The number of ether oxygens (including phenoxy) is 2. The Bertz CT molecular complexity index is 1400. The van der Waals surface area contributed by atoms with Crippen LogP contribution in [-0.4, -0.2) is 68.0 Å². The molecule has 0 radical (unpaired) electrons. The first-order chi connectivity index (χ1) is 22.6. The predicted octanol–water partition coefficient (Wildman–Crippen LogP) is 9.44. The lowest BCUT2D eigenvalue weighted by Gasteiger charge is -2.32. The maximum atomic E-state index is 13.9. The average Bonchev–Trinajstić information content (AvgIpc) is 3.41. The van der Waals surface area contributed by atoms with Crippen LogP contribution in [0.25, 0.3) is 0 Å². The topological polar surface area (TPSA) is 73.8 Å². The summed E-state index contributed by atoms with van der Waals surface area (Å²) in [4.78, 5) is 0. The van der Waals surface area contributed by atoms with Crippen LogP contribution >= 0.6 is 15.9 Å². The van der Waals surface area contributed by atoms with Gasteiger partial charge < -0.3 is 37.4 Å². The van der Waals surface area contributed by atoms with Crippen molar-refractivity contribution in [3.05, 3.63) is 52.5 Å². The summed E-state index contributed by atoms with van der Waals surface area (Å²) in [6.07, 6.45) is 0. The number of rotatable bonds is 6. The van der Waals surface area contributed by atoms with Gasteiger partial charge in [0, 0.05) is 5.46 Å². The minimum atomic E-state index is -2.97. The minimum absolute atomic E-state index is 0. The molecule has 0 atom stereocenters. The Labute approximate surface area is 314 Å². The van der Waals surface area contributed by atoms with Crippen molar-refractivity contribution in [1.29, 1.82) is 0 Å². The van der Waals surface area contributed by atoms with Gasteiger partial charge in [0.05, 0.1) is 38.1 Å². The zero-order chi connectivity index (χ0) is 38.3. The van der Waals surface area contributed by atoms with Gasteiger partial charge in [-0.05, 0) is 135 Å². The largest absolute Gasteiger partial charge is 0.497 e. The molecule has 3 aliphatic heterocycles. The molecule has 0 N–H and O–H groups in total. The molecular formula is C34H52B3BrF6O8. The quantitative estimate of drug-likeness (QED) is 0.211. The molecule has 3 aliphatic rings. The van der Waals surface area contributed by atoms with Crippen LogP contribution in [0.3, 0.4) is 0 Å². The summed E-state index contributed by atoms with van der Waals surface area (Å²) in [5, 5.41) is 0. The van der Waals surface area contributed by atoms with Crippen molar-refractivity contribution in [3.8, 4) is 11.5 Å². The second kappa shape index (κ2) is 17.2. The summed E-state index contributed by atoms with van der Waals surface area (Å²) in [5.41, 5.74) is -2.67. The molecule has 3 heterocycles. The Hall–Kier alpha value is -1.95. The molecule has 2 aromatic rings. The molecule has 3 fully saturated rings. The van der Waals surface area contributed by atoms with Crippen LogP contribution in [0.2, 0.25) is 0 Å². The van der Waals surface area contributed by atoms with E-state index in [1.165, 1.54) is 6.07 Å². The van der Waals surface area contributed by atoms with Crippen LogP contribution in [0.5, 0.6) is 11.5 Å². The second-order valence-corrected chi connectivity index (χ2v) is 15.7. The van der Waals surface area contributed by atoms with Gasteiger partial charge in [-0.15, -0.1) is 0 Å². The average molecular weight is 815 g/mol. The molecule has 294 valence electrons. The van der Waals surface area contributed by atoms with Gasteiger partial charge in [-0.3, -0.25) is 0 Å². The van der Waals surface area contributed by atoms with Gasteiger partial charge in [-0.2, -0.15) is 17.6 Å². The van der Waals surface area contributed by atoms with E-state index in [4.69, 9.17) is 27.9 Å². The molecule has 0 amide bonds. The van der Waals surface area contributed by atoms with E-state index in [1.807, 2.05) is 83.1 Å². The summed E-state index contributed by atoms with van der Waals surface area (Å²) in [6.45, 7) is 17.7. The summed E-state index contributed by atoms with van der Waals surface area (Å²) in [7, 11) is -1.91. The van der Waals surface area contributed by atoms with E-state index in [0.29, 0.717) is 0 Å². The maximum Gasteiger partial charge on any atom is 0.497 e. The molecule has 0 bridgehead atoms. The zero-order valence-corrected chi connectivity index (χ0v) is 31.8. The molecular weight excluding hydrogens is 763 g/mol. The fourth-order valence-electron chi connectivity index (χ4n) is 4.50. The third-order valence-corrected chi connectivity index (χ3v) is 10.2. The standard InChI is InChI=1S/C13H16BF3O3.C12H24B2O4.C7H4BrF3O.2CH4/c1-12(2)13(3,4)20-14(19-12)9-7-8(18-11(16)17)5-6-10(9)15;1-9(2)10(3,4)16-13(15-9)14-17-11(5,6)12(7,8)18-14;8-5-3-4(12-7(10)11)1-2-6(5)9;;/h5-7,11H,1-4H3;1-8H3;1-3,7H;2*1H4. The van der Waals surface area contributed by atoms with E-state index in [1.54, 1.807) is 0 Å². The highest BCUT2D eigenvalue weighted by atomic mass is 79.9. The second-order valence-electron chi connectivity index (χ2n) is 14.9. The Kier molecular flexibility index (Phi) is 15.9. The lowest BCUT2D eigenvalue weighted by Crippen LogP contribution is -2.41. The molecule has 3 saturated heterocycles. The van der Waals surface area contributed by atoms with Crippen molar-refractivity contribution in [2.45, 2.75) is 145 Å². The number of hydrogen-bond acceptors (Lipinski definition) is 8. The SMILES string of the molecule is C.C.CC1(C)OB(B2OC(C)(C)C(C)(C)O2)OC1(C)C.CC1(C)OB(c2cc(OC(F)F)ccc2F)OC1(C)C.Fc1ccc(OC(F)F)cc1Br. The van der Waals surface area contributed by atoms with Gasteiger partial charge in [-0.1, -0.05) is 14.9 Å².